The zero-order valence-electron chi connectivity index (χ0n) is 25.3. The molecular weight excluding hydrogens is 631 g/mol. The lowest BCUT2D eigenvalue weighted by atomic mass is 10.0. The van der Waals surface area contributed by atoms with Crippen molar-refractivity contribution in [2.75, 3.05) is 0 Å². The minimum Gasteiger partial charge on any atom is -0.456 e. The van der Waals surface area contributed by atoms with Gasteiger partial charge in [-0.2, -0.15) is 0 Å². The highest BCUT2D eigenvalue weighted by molar-refractivity contribution is 8.26. The Kier molecular flexibility index (Phi) is 5.23. The topological polar surface area (TPSA) is 44.7 Å². The summed E-state index contributed by atoms with van der Waals surface area (Å²) in [5.41, 5.74) is 7.57. The van der Waals surface area contributed by atoms with E-state index in [2.05, 4.69) is 84.9 Å². The van der Waals surface area contributed by atoms with E-state index in [4.69, 9.17) is 30.1 Å². The quantitative estimate of drug-likeness (QED) is 0.174. The smallest absolute Gasteiger partial charge is 0.143 e. The Morgan fingerprint density at radius 2 is 0.875 bits per heavy atom. The number of para-hydroxylation sites is 4. The van der Waals surface area contributed by atoms with E-state index in [1.54, 1.807) is 0 Å². The third-order valence-electron chi connectivity index (χ3n) is 9.74. The second kappa shape index (κ2) is 9.48. The molecular formula is C42H23O4PS. The predicted octanol–water partition coefficient (Wildman–Crippen LogP) is 10.8. The van der Waals surface area contributed by atoms with E-state index in [0.29, 0.717) is 0 Å². The number of furan rings is 2. The van der Waals surface area contributed by atoms with Crippen molar-refractivity contribution >= 4 is 77.6 Å². The van der Waals surface area contributed by atoms with Gasteiger partial charge >= 0.3 is 0 Å². The van der Waals surface area contributed by atoms with Crippen LogP contribution in [0.15, 0.2) is 148 Å². The van der Waals surface area contributed by atoms with Crippen LogP contribution in [0.5, 0.6) is 23.0 Å². The van der Waals surface area contributed by atoms with Gasteiger partial charge in [-0.05, 0) is 59.7 Å². The Bertz CT molecular complexity index is 2710. The summed E-state index contributed by atoms with van der Waals surface area (Å²) in [4.78, 5) is 0. The number of hydrogen-bond acceptors (Lipinski definition) is 5. The van der Waals surface area contributed by atoms with Gasteiger partial charge in [0.1, 0.15) is 45.3 Å². The third-order valence-corrected chi connectivity index (χ3v) is 14.6. The molecule has 48 heavy (non-hydrogen) atoms. The third kappa shape index (κ3) is 3.47. The van der Waals surface area contributed by atoms with Gasteiger partial charge in [-0.25, -0.2) is 0 Å². The second-order valence-corrected chi connectivity index (χ2v) is 16.6. The fourth-order valence-corrected chi connectivity index (χ4v) is 12.1. The summed E-state index contributed by atoms with van der Waals surface area (Å²) < 4.78 is 26.1. The highest BCUT2D eigenvalue weighted by Crippen LogP contribution is 2.59. The van der Waals surface area contributed by atoms with Crippen LogP contribution in [0.1, 0.15) is 0 Å². The van der Waals surface area contributed by atoms with E-state index in [1.807, 2.05) is 54.6 Å². The van der Waals surface area contributed by atoms with Crippen LogP contribution in [0.2, 0.25) is 0 Å². The molecule has 0 aliphatic carbocycles. The molecule has 0 radical (unpaired) electrons. The Hall–Kier alpha value is -5.61. The van der Waals surface area contributed by atoms with Crippen molar-refractivity contribution in [1.82, 2.24) is 0 Å². The van der Waals surface area contributed by atoms with Crippen molar-refractivity contribution in [3.63, 3.8) is 0 Å². The normalized spacial score (nSPS) is 14.0. The summed E-state index contributed by atoms with van der Waals surface area (Å²) in [6, 6.07) is 45.1. The Morgan fingerprint density at radius 3 is 1.40 bits per heavy atom. The van der Waals surface area contributed by atoms with Gasteiger partial charge in [0.05, 0.1) is 11.3 Å². The molecule has 0 atom stereocenters. The summed E-state index contributed by atoms with van der Waals surface area (Å²) in [5, 5.41) is 7.36. The van der Waals surface area contributed by atoms with Crippen LogP contribution in [-0.2, 0) is 11.8 Å². The monoisotopic (exact) mass is 654 g/mol. The Balaban J connectivity index is 1.15. The van der Waals surface area contributed by atoms with Gasteiger partial charge in [0, 0.05) is 43.3 Å². The molecule has 2 aliphatic rings. The highest BCUT2D eigenvalue weighted by atomic mass is 32.4. The molecule has 2 aromatic heterocycles. The number of benzene rings is 7. The maximum atomic E-state index is 6.98. The van der Waals surface area contributed by atoms with Crippen LogP contribution >= 0.6 is 6.04 Å². The summed E-state index contributed by atoms with van der Waals surface area (Å²) >= 11 is 6.98. The molecule has 11 rings (SSSR count). The van der Waals surface area contributed by atoms with E-state index in [9.17, 15) is 0 Å². The molecule has 7 aromatic carbocycles. The van der Waals surface area contributed by atoms with Crippen molar-refractivity contribution in [1.29, 1.82) is 0 Å². The largest absolute Gasteiger partial charge is 0.456 e. The molecule has 0 saturated carbocycles. The molecule has 2 aliphatic heterocycles. The van der Waals surface area contributed by atoms with Crippen LogP contribution in [0.25, 0.3) is 66.1 Å². The van der Waals surface area contributed by atoms with Gasteiger partial charge in [0.15, 0.2) is 0 Å². The number of rotatable bonds is 2. The fourth-order valence-electron chi connectivity index (χ4n) is 7.57. The summed E-state index contributed by atoms with van der Waals surface area (Å²) in [5.74, 6) is 3.07. The highest BCUT2D eigenvalue weighted by Gasteiger charge is 2.43. The van der Waals surface area contributed by atoms with Crippen molar-refractivity contribution in [2.24, 2.45) is 0 Å². The summed E-state index contributed by atoms with van der Waals surface area (Å²) in [7, 11) is 0. The first-order chi connectivity index (χ1) is 23.6. The Morgan fingerprint density at radius 1 is 0.417 bits per heavy atom. The molecule has 0 bridgehead atoms. The number of hydrogen-bond donors (Lipinski definition) is 0. The van der Waals surface area contributed by atoms with Gasteiger partial charge in [0.25, 0.3) is 0 Å². The summed E-state index contributed by atoms with van der Waals surface area (Å²) in [6.07, 6.45) is 0. The van der Waals surface area contributed by atoms with Crippen LogP contribution in [0, 0.1) is 0 Å². The first kappa shape index (κ1) is 26.5. The van der Waals surface area contributed by atoms with Gasteiger partial charge in [-0.3, -0.25) is 0 Å². The van der Waals surface area contributed by atoms with Crippen LogP contribution in [0.3, 0.4) is 0 Å². The minimum absolute atomic E-state index is 0.755. The predicted molar refractivity (Wildman–Crippen MR) is 198 cm³/mol. The molecule has 6 heteroatoms. The van der Waals surface area contributed by atoms with Crippen LogP contribution < -0.4 is 25.4 Å². The summed E-state index contributed by atoms with van der Waals surface area (Å²) in [6.45, 7) is 0. The SMILES string of the molecule is S=P12c3cc(-c4cccc5c4oc4ccccc45)ccc3Oc3cccc(c31)Oc1ccc(-c3cccc4c3oc3ccccc34)cc12. The first-order valence-electron chi connectivity index (χ1n) is 15.8. The first-order valence-corrected chi connectivity index (χ1v) is 18.7. The van der Waals surface area contributed by atoms with Crippen molar-refractivity contribution in [3.05, 3.63) is 140 Å². The minimum atomic E-state index is -2.66. The van der Waals surface area contributed by atoms with E-state index in [0.717, 1.165) is 105 Å². The molecule has 4 nitrogen and oxygen atoms in total. The van der Waals surface area contributed by atoms with Gasteiger partial charge in [-0.1, -0.05) is 103 Å². The van der Waals surface area contributed by atoms with E-state index >= 15 is 0 Å². The van der Waals surface area contributed by atoms with Crippen molar-refractivity contribution in [3.8, 4) is 45.3 Å². The molecule has 4 heterocycles. The van der Waals surface area contributed by atoms with E-state index in [1.165, 1.54) is 0 Å². The molecule has 226 valence electrons. The number of ether oxygens (including phenoxy) is 2. The lowest BCUT2D eigenvalue weighted by molar-refractivity contribution is 0.466. The second-order valence-electron chi connectivity index (χ2n) is 12.3. The maximum absolute atomic E-state index is 6.98. The molecule has 0 N–H and O–H groups in total. The number of fused-ring (bicyclic) bond motifs is 10. The fraction of sp³-hybridized carbons (Fsp3) is 0. The average molecular weight is 655 g/mol. The van der Waals surface area contributed by atoms with E-state index < -0.39 is 6.04 Å². The molecule has 9 aromatic rings. The average Bonchev–Trinajstić information content (AvgIpc) is 3.70. The molecule has 0 amide bonds. The van der Waals surface area contributed by atoms with Gasteiger partial charge in [0.2, 0.25) is 0 Å². The molecule has 0 saturated heterocycles. The van der Waals surface area contributed by atoms with E-state index in [-0.39, 0.29) is 0 Å². The zero-order chi connectivity index (χ0) is 31.6. The Labute approximate surface area is 279 Å². The van der Waals surface area contributed by atoms with Crippen molar-refractivity contribution < 1.29 is 18.3 Å². The molecule has 0 unspecified atom stereocenters. The van der Waals surface area contributed by atoms with Gasteiger partial charge < -0.3 is 18.3 Å². The zero-order valence-corrected chi connectivity index (χ0v) is 27.0. The van der Waals surface area contributed by atoms with Crippen molar-refractivity contribution in [2.45, 2.75) is 0 Å². The standard InChI is InChI=1S/C42H23O4PS/c48-47-38-22-24(26-10-5-12-30-28-8-1-3-14-32(28)45-40(26)30)18-20-34(38)43-36-16-7-17-37(42(36)47)44-35-21-19-25(23-39(35)47)27-11-6-13-31-29-9-2-4-15-33(29)46-41(27)31/h1-23H. The lowest BCUT2D eigenvalue weighted by Crippen LogP contribution is -2.35. The maximum Gasteiger partial charge on any atom is 0.143 e. The van der Waals surface area contributed by atoms with Gasteiger partial charge in [-0.15, -0.1) is 0 Å². The van der Waals surface area contributed by atoms with Crippen LogP contribution in [0.4, 0.5) is 0 Å². The lowest BCUT2D eigenvalue weighted by Gasteiger charge is -2.37. The van der Waals surface area contributed by atoms with Crippen LogP contribution in [-0.4, -0.2) is 0 Å². The molecule has 0 spiro atoms. The molecule has 0 fully saturated rings.